The number of carbonyl (C=O) groups excluding carboxylic acids is 3. The van der Waals surface area contributed by atoms with E-state index < -0.39 is 84.6 Å². The van der Waals surface area contributed by atoms with E-state index in [0.29, 0.717) is 5.75 Å². The van der Waals surface area contributed by atoms with Gasteiger partial charge in [0.15, 0.2) is 17.7 Å². The highest BCUT2D eigenvalue weighted by Crippen LogP contribution is 2.61. The van der Waals surface area contributed by atoms with Crippen molar-refractivity contribution in [3.05, 3.63) is 49.1 Å². The second-order valence-corrected chi connectivity index (χ2v) is 18.5. The zero-order valence-corrected chi connectivity index (χ0v) is 35.5. The highest BCUT2D eigenvalue weighted by atomic mass is 32.2. The lowest BCUT2D eigenvalue weighted by atomic mass is 9.87. The van der Waals surface area contributed by atoms with E-state index in [0.717, 1.165) is 41.8 Å². The number of allylic oxidation sites excluding steroid dienone is 5. The van der Waals surface area contributed by atoms with Crippen LogP contribution in [0.5, 0.6) is 0 Å². The summed E-state index contributed by atoms with van der Waals surface area (Å²) in [4.78, 5) is 87.6. The third kappa shape index (κ3) is 16.6. The standard InChI is InChI=1S/C31H48N7O17P3S/c1-4-5-6-7-8-9-10-11-22(40)59-15-14-33-21(39)12-13-34-29(43)26(42)31(2,3)17-52-58(49,50)55-57(47,48)51-16-20-25(54-56(44,45)46)24(41)30(53-20)38-19-37-23-27(32)35-18-36-28(23)38/h5-6,8-11,18-20,24-26,30,41-42H,4,7,12-17H2,1-3H3,(H,33,39)(H,34,43)(H,47,48)(H,49,50)(H2,32,35,36)(H2,44,45,46)/b6-5-,9-8-,11-10+/t20-,24-,25-,26+,30-/m1/s1. The van der Waals surface area contributed by atoms with Gasteiger partial charge in [-0.15, -0.1) is 0 Å². The number of rotatable bonds is 24. The fourth-order valence-corrected chi connectivity index (χ4v) is 8.37. The highest BCUT2D eigenvalue weighted by molar-refractivity contribution is 8.14. The minimum absolute atomic E-state index is 0.0289. The van der Waals surface area contributed by atoms with Crippen molar-refractivity contribution in [2.75, 3.05) is 37.8 Å². The summed E-state index contributed by atoms with van der Waals surface area (Å²) in [6.45, 7) is 2.48. The van der Waals surface area contributed by atoms with E-state index in [4.69, 9.17) is 19.5 Å². The highest BCUT2D eigenvalue weighted by Gasteiger charge is 2.50. The number of phosphoric ester groups is 3. The van der Waals surface area contributed by atoms with Crippen molar-refractivity contribution >= 4 is 69.1 Å². The number of nitrogen functional groups attached to an aromatic ring is 1. The number of fused-ring (bicyclic) bond motifs is 1. The Balaban J connectivity index is 1.44. The molecule has 1 aliphatic heterocycles. The molecule has 0 radical (unpaired) electrons. The Morgan fingerprint density at radius 1 is 1.03 bits per heavy atom. The molecule has 2 aromatic rings. The molecule has 7 atom stereocenters. The van der Waals surface area contributed by atoms with Crippen LogP contribution in [-0.2, 0) is 50.7 Å². The van der Waals surface area contributed by atoms with Crippen LogP contribution >= 0.6 is 35.2 Å². The lowest BCUT2D eigenvalue weighted by Crippen LogP contribution is -2.46. The minimum Gasteiger partial charge on any atom is -0.386 e. The first-order valence-corrected chi connectivity index (χ1v) is 23.1. The molecule has 2 amide bonds. The van der Waals surface area contributed by atoms with Crippen molar-refractivity contribution in [1.82, 2.24) is 30.2 Å². The number of phosphoric acid groups is 3. The van der Waals surface area contributed by atoms with Crippen molar-refractivity contribution < 1.29 is 80.5 Å². The number of imidazole rings is 1. The van der Waals surface area contributed by atoms with Crippen LogP contribution in [0.15, 0.2) is 49.1 Å². The first-order valence-electron chi connectivity index (χ1n) is 17.6. The number of aliphatic hydroxyl groups is 2. The first kappa shape index (κ1) is 50.1. The molecule has 0 spiro atoms. The molecule has 330 valence electrons. The molecule has 3 heterocycles. The van der Waals surface area contributed by atoms with E-state index in [-0.39, 0.29) is 41.6 Å². The number of thioether (sulfide) groups is 1. The maximum absolute atomic E-state index is 12.7. The Morgan fingerprint density at radius 3 is 2.44 bits per heavy atom. The van der Waals surface area contributed by atoms with E-state index >= 15 is 0 Å². The maximum Gasteiger partial charge on any atom is 0.481 e. The number of carbonyl (C=O) groups is 3. The van der Waals surface area contributed by atoms with Gasteiger partial charge >= 0.3 is 23.5 Å². The van der Waals surface area contributed by atoms with Crippen LogP contribution in [0.25, 0.3) is 11.2 Å². The molecule has 1 aliphatic rings. The summed E-state index contributed by atoms with van der Waals surface area (Å²) < 4.78 is 62.2. The number of amides is 2. The first-order chi connectivity index (χ1) is 27.6. The van der Waals surface area contributed by atoms with Crippen molar-refractivity contribution in [3.63, 3.8) is 0 Å². The maximum atomic E-state index is 12.7. The minimum atomic E-state index is -5.57. The Bertz CT molecular complexity index is 1990. The number of hydrogen-bond donors (Lipinski definition) is 9. The summed E-state index contributed by atoms with van der Waals surface area (Å²) in [5.74, 6) is -1.17. The molecule has 1 fully saturated rings. The van der Waals surface area contributed by atoms with E-state index in [2.05, 4.69) is 34.4 Å². The number of nitrogens with one attached hydrogen (secondary N) is 2. The number of aromatic nitrogens is 4. The molecule has 0 aliphatic carbocycles. The zero-order valence-electron chi connectivity index (χ0n) is 32.0. The van der Waals surface area contributed by atoms with E-state index in [1.165, 1.54) is 19.9 Å². The Labute approximate surface area is 342 Å². The fraction of sp³-hybridized carbons (Fsp3) is 0.548. The van der Waals surface area contributed by atoms with Gasteiger partial charge in [-0.25, -0.2) is 28.6 Å². The lowest BCUT2D eigenvalue weighted by Gasteiger charge is -2.30. The Kier molecular flexibility index (Phi) is 19.2. The third-order valence-electron chi connectivity index (χ3n) is 7.90. The molecule has 2 unspecified atom stereocenters. The van der Waals surface area contributed by atoms with Crippen LogP contribution < -0.4 is 16.4 Å². The quantitative estimate of drug-likeness (QED) is 0.0234. The fourth-order valence-electron chi connectivity index (χ4n) is 4.96. The summed E-state index contributed by atoms with van der Waals surface area (Å²) >= 11 is 1.01. The van der Waals surface area contributed by atoms with Gasteiger partial charge in [-0.1, -0.05) is 62.9 Å². The van der Waals surface area contributed by atoms with Gasteiger partial charge in [0.25, 0.3) is 0 Å². The summed E-state index contributed by atoms with van der Waals surface area (Å²) in [6, 6.07) is 0. The van der Waals surface area contributed by atoms with Crippen LogP contribution in [-0.4, -0.2) is 123 Å². The van der Waals surface area contributed by atoms with Crippen LogP contribution in [0.3, 0.4) is 0 Å². The summed E-state index contributed by atoms with van der Waals surface area (Å²) in [5.41, 5.74) is 4.26. The van der Waals surface area contributed by atoms with E-state index in [9.17, 15) is 57.9 Å². The van der Waals surface area contributed by atoms with Crippen LogP contribution in [0, 0.1) is 5.41 Å². The zero-order chi connectivity index (χ0) is 44.0. The second-order valence-electron chi connectivity index (χ2n) is 13.1. The predicted octanol–water partition coefficient (Wildman–Crippen LogP) is 1.13. The molecular formula is C31H48N7O17P3S. The molecular weight excluding hydrogens is 867 g/mol. The SMILES string of the molecule is CC/C=C\C/C=C\C=C\C(=O)SCCNC(=O)CCNC(=O)[C@H](O)C(C)(C)COP(=O)(O)OP(=O)(O)OC[C@H]1O[C@@H](n2cnc3c(N)ncnc32)[C@H](O)[C@@H]1OP(=O)(O)O. The average molecular weight is 916 g/mol. The largest absolute Gasteiger partial charge is 0.481 e. The molecule has 24 nitrogen and oxygen atoms in total. The molecule has 3 rings (SSSR count). The third-order valence-corrected chi connectivity index (χ3v) is 11.8. The van der Waals surface area contributed by atoms with Crippen molar-refractivity contribution in [3.8, 4) is 0 Å². The second kappa shape index (κ2) is 22.6. The van der Waals surface area contributed by atoms with Crippen molar-refractivity contribution in [2.45, 2.75) is 70.7 Å². The number of hydrogen-bond acceptors (Lipinski definition) is 18. The van der Waals surface area contributed by atoms with Gasteiger partial charge in [0, 0.05) is 30.7 Å². The topological polar surface area (TPSA) is 364 Å². The summed E-state index contributed by atoms with van der Waals surface area (Å²) in [7, 11) is -16.4. The predicted molar refractivity (Wildman–Crippen MR) is 209 cm³/mol. The molecule has 0 aromatic carbocycles. The van der Waals surface area contributed by atoms with Crippen LogP contribution in [0.1, 0.15) is 46.3 Å². The van der Waals surface area contributed by atoms with Crippen molar-refractivity contribution in [1.29, 1.82) is 0 Å². The number of anilines is 1. The molecule has 0 saturated carbocycles. The normalized spacial score (nSPS) is 21.6. The van der Waals surface area contributed by atoms with Gasteiger partial charge in [0.05, 0.1) is 19.5 Å². The van der Waals surface area contributed by atoms with Gasteiger partial charge in [0.2, 0.25) is 16.9 Å². The number of nitrogens with two attached hydrogens (primary N) is 1. The Morgan fingerprint density at radius 2 is 1.75 bits per heavy atom. The Hall–Kier alpha value is -3.22. The number of ether oxygens (including phenoxy) is 1. The molecule has 0 bridgehead atoms. The van der Waals surface area contributed by atoms with Gasteiger partial charge in [0.1, 0.15) is 36.3 Å². The lowest BCUT2D eigenvalue weighted by molar-refractivity contribution is -0.137. The van der Waals surface area contributed by atoms with E-state index in [1.807, 2.05) is 25.2 Å². The molecule has 28 heteroatoms. The molecule has 1 saturated heterocycles. The molecule has 10 N–H and O–H groups in total. The van der Waals surface area contributed by atoms with Crippen LogP contribution in [0.4, 0.5) is 5.82 Å². The number of nitrogens with zero attached hydrogens (tertiary/aromatic N) is 4. The van der Waals surface area contributed by atoms with Gasteiger partial charge in [-0.05, 0) is 18.9 Å². The number of aliphatic hydroxyl groups excluding tert-OH is 2. The van der Waals surface area contributed by atoms with Crippen LogP contribution in [0.2, 0.25) is 0 Å². The van der Waals surface area contributed by atoms with Crippen molar-refractivity contribution in [2.24, 2.45) is 5.41 Å². The van der Waals surface area contributed by atoms with E-state index in [1.54, 1.807) is 12.2 Å². The summed E-state index contributed by atoms with van der Waals surface area (Å²) in [5, 5.41) is 26.2. The molecule has 59 heavy (non-hydrogen) atoms. The summed E-state index contributed by atoms with van der Waals surface area (Å²) in [6.07, 6.45) is 5.52. The van der Waals surface area contributed by atoms with Gasteiger partial charge < -0.3 is 50.9 Å². The van der Waals surface area contributed by atoms with Gasteiger partial charge in [-0.2, -0.15) is 4.31 Å². The monoisotopic (exact) mass is 915 g/mol. The average Bonchev–Trinajstić information content (AvgIpc) is 3.71. The molecule has 2 aromatic heterocycles. The van der Waals surface area contributed by atoms with Gasteiger partial charge in [-0.3, -0.25) is 32.5 Å². The smallest absolute Gasteiger partial charge is 0.386 e.